The van der Waals surface area contributed by atoms with Crippen molar-refractivity contribution in [2.24, 2.45) is 0 Å². The van der Waals surface area contributed by atoms with Crippen molar-refractivity contribution in [3.63, 3.8) is 0 Å². The van der Waals surface area contributed by atoms with Crippen LogP contribution in [0.5, 0.6) is 11.5 Å². The van der Waals surface area contributed by atoms with Crippen LogP contribution < -0.4 is 9.47 Å². The molecule has 0 bridgehead atoms. The Bertz CT molecular complexity index is 759. The molecule has 0 aromatic heterocycles. The zero-order chi connectivity index (χ0) is 19.5. The molecule has 0 heterocycles. The summed E-state index contributed by atoms with van der Waals surface area (Å²) in [6.45, 7) is 4.53. The lowest BCUT2D eigenvalue weighted by molar-refractivity contribution is 0.0456. The molecule has 2 aromatic carbocycles. The van der Waals surface area contributed by atoms with Crippen molar-refractivity contribution < 1.29 is 18.9 Å². The van der Waals surface area contributed by atoms with Gasteiger partial charge in [0.15, 0.2) is 13.6 Å². The Hall–Kier alpha value is -2.56. The highest BCUT2D eigenvalue weighted by molar-refractivity contribution is 5.73. The minimum atomic E-state index is 0.178. The summed E-state index contributed by atoms with van der Waals surface area (Å²) in [5.74, 6) is 1.44. The minimum Gasteiger partial charge on any atom is -0.467 e. The molecule has 0 radical (unpaired) electrons. The molecule has 0 atom stereocenters. The number of methoxy groups -OCH3 is 2. The Morgan fingerprint density at radius 2 is 1.59 bits per heavy atom. The Morgan fingerprint density at radius 3 is 2.26 bits per heavy atom. The molecule has 0 aliphatic rings. The number of hydrogen-bond acceptors (Lipinski definition) is 4. The number of benzene rings is 2. The fourth-order valence-electron chi connectivity index (χ4n) is 2.53. The highest BCUT2D eigenvalue weighted by atomic mass is 16.7. The molecule has 4 nitrogen and oxygen atoms in total. The van der Waals surface area contributed by atoms with Gasteiger partial charge in [0.25, 0.3) is 0 Å². The second-order valence-electron chi connectivity index (χ2n) is 6.32. The van der Waals surface area contributed by atoms with Crippen molar-refractivity contribution in [3.05, 3.63) is 70.8 Å². The Balaban J connectivity index is 2.46. The molecule has 0 saturated carbocycles. The molecule has 0 amide bonds. The average Bonchev–Trinajstić information content (AvgIpc) is 2.68. The molecule has 2 aromatic rings. The third kappa shape index (κ3) is 6.93. The molecule has 0 spiro atoms. The van der Waals surface area contributed by atoms with Crippen molar-refractivity contribution in [1.29, 1.82) is 0 Å². The van der Waals surface area contributed by atoms with Gasteiger partial charge >= 0.3 is 0 Å². The maximum Gasteiger partial charge on any atom is 0.188 e. The fraction of sp³-hybridized carbons (Fsp3) is 0.304. The zero-order valence-corrected chi connectivity index (χ0v) is 16.5. The van der Waals surface area contributed by atoms with Crippen molar-refractivity contribution in [2.45, 2.75) is 20.3 Å². The standard InChI is InChI=1S/C23H28O4/c1-18(2)10-13-22-20(12-11-19-8-6-5-7-9-19)14-21(26-16-24-3)15-23(22)27-17-25-4/h5-12,14-15H,13,16-17H2,1-4H3/b12-11+. The van der Waals surface area contributed by atoms with Gasteiger partial charge in [0.2, 0.25) is 0 Å². The van der Waals surface area contributed by atoms with E-state index in [-0.39, 0.29) is 13.6 Å². The molecule has 0 unspecified atom stereocenters. The Labute approximate surface area is 162 Å². The molecule has 2 rings (SSSR count). The van der Waals surface area contributed by atoms with E-state index in [2.05, 4.69) is 44.2 Å². The van der Waals surface area contributed by atoms with E-state index in [1.807, 2.05) is 30.3 Å². The van der Waals surface area contributed by atoms with E-state index in [9.17, 15) is 0 Å². The van der Waals surface area contributed by atoms with E-state index in [4.69, 9.17) is 18.9 Å². The molecule has 0 fully saturated rings. The highest BCUT2D eigenvalue weighted by Crippen LogP contribution is 2.31. The largest absolute Gasteiger partial charge is 0.467 e. The molecule has 144 valence electrons. The summed E-state index contributed by atoms with van der Waals surface area (Å²) in [4.78, 5) is 0. The quantitative estimate of drug-likeness (QED) is 0.323. The maximum absolute atomic E-state index is 5.83. The van der Waals surface area contributed by atoms with E-state index >= 15 is 0 Å². The lowest BCUT2D eigenvalue weighted by Gasteiger charge is -2.16. The van der Waals surface area contributed by atoms with Gasteiger partial charge in [-0.1, -0.05) is 54.1 Å². The van der Waals surface area contributed by atoms with Crippen LogP contribution in [0.2, 0.25) is 0 Å². The van der Waals surface area contributed by atoms with Gasteiger partial charge in [-0.3, -0.25) is 0 Å². The summed E-state index contributed by atoms with van der Waals surface area (Å²) in [7, 11) is 3.21. The van der Waals surface area contributed by atoms with E-state index in [0.717, 1.165) is 28.9 Å². The van der Waals surface area contributed by atoms with Gasteiger partial charge in [-0.15, -0.1) is 0 Å². The van der Waals surface area contributed by atoms with Gasteiger partial charge in [0.1, 0.15) is 11.5 Å². The van der Waals surface area contributed by atoms with E-state index < -0.39 is 0 Å². The van der Waals surface area contributed by atoms with Crippen LogP contribution in [0.25, 0.3) is 12.2 Å². The normalized spacial score (nSPS) is 10.8. The lowest BCUT2D eigenvalue weighted by Crippen LogP contribution is -2.05. The van der Waals surface area contributed by atoms with E-state index in [1.165, 1.54) is 5.57 Å². The molecule has 4 heteroatoms. The van der Waals surface area contributed by atoms with Crippen LogP contribution in [-0.4, -0.2) is 27.8 Å². The summed E-state index contributed by atoms with van der Waals surface area (Å²) in [6.07, 6.45) is 7.12. The first-order valence-corrected chi connectivity index (χ1v) is 8.91. The van der Waals surface area contributed by atoms with Crippen LogP contribution in [0.15, 0.2) is 54.1 Å². The summed E-state index contributed by atoms with van der Waals surface area (Å²) in [6, 6.07) is 14.1. The summed E-state index contributed by atoms with van der Waals surface area (Å²) in [5.41, 5.74) is 4.51. The van der Waals surface area contributed by atoms with Crippen LogP contribution in [-0.2, 0) is 15.9 Å². The first kappa shape index (κ1) is 20.7. The first-order chi connectivity index (χ1) is 13.1. The van der Waals surface area contributed by atoms with Gasteiger partial charge in [-0.2, -0.15) is 0 Å². The van der Waals surface area contributed by atoms with Crippen LogP contribution in [0.1, 0.15) is 30.5 Å². The van der Waals surface area contributed by atoms with Gasteiger partial charge in [-0.05, 0) is 37.5 Å². The van der Waals surface area contributed by atoms with Gasteiger partial charge in [0.05, 0.1) is 0 Å². The van der Waals surface area contributed by atoms with Gasteiger partial charge in [-0.25, -0.2) is 0 Å². The summed E-state index contributed by atoms with van der Waals surface area (Å²) < 4.78 is 21.6. The number of ether oxygens (including phenoxy) is 4. The zero-order valence-electron chi connectivity index (χ0n) is 16.5. The smallest absolute Gasteiger partial charge is 0.188 e. The van der Waals surface area contributed by atoms with Crippen LogP contribution in [0, 0.1) is 0 Å². The minimum absolute atomic E-state index is 0.178. The number of hydrogen-bond donors (Lipinski definition) is 0. The number of allylic oxidation sites excluding steroid dienone is 2. The van der Waals surface area contributed by atoms with E-state index in [0.29, 0.717) is 5.75 Å². The first-order valence-electron chi connectivity index (χ1n) is 8.91. The lowest BCUT2D eigenvalue weighted by atomic mass is 10.00. The van der Waals surface area contributed by atoms with Crippen molar-refractivity contribution in [3.8, 4) is 11.5 Å². The third-order valence-electron chi connectivity index (χ3n) is 3.86. The predicted molar refractivity (Wildman–Crippen MR) is 110 cm³/mol. The van der Waals surface area contributed by atoms with Crippen LogP contribution in [0.4, 0.5) is 0 Å². The Morgan fingerprint density at radius 1 is 0.889 bits per heavy atom. The SMILES string of the molecule is COCOc1cc(/C=C/c2ccccc2)c(CC=C(C)C)c(OCOC)c1. The van der Waals surface area contributed by atoms with Gasteiger partial charge in [0, 0.05) is 25.8 Å². The molecule has 0 N–H and O–H groups in total. The molecule has 27 heavy (non-hydrogen) atoms. The third-order valence-corrected chi connectivity index (χ3v) is 3.86. The molecular formula is C23H28O4. The van der Waals surface area contributed by atoms with Crippen LogP contribution >= 0.6 is 0 Å². The maximum atomic E-state index is 5.83. The second kappa shape index (κ2) is 11.2. The predicted octanol–water partition coefficient (Wildman–Crippen LogP) is 5.33. The molecule has 0 aliphatic heterocycles. The highest BCUT2D eigenvalue weighted by Gasteiger charge is 2.11. The monoisotopic (exact) mass is 368 g/mol. The van der Waals surface area contributed by atoms with Crippen molar-refractivity contribution >= 4 is 12.2 Å². The average molecular weight is 368 g/mol. The molecular weight excluding hydrogens is 340 g/mol. The van der Waals surface area contributed by atoms with Crippen molar-refractivity contribution in [1.82, 2.24) is 0 Å². The van der Waals surface area contributed by atoms with Gasteiger partial charge < -0.3 is 18.9 Å². The summed E-state index contributed by atoms with van der Waals surface area (Å²) >= 11 is 0. The molecule has 0 aliphatic carbocycles. The van der Waals surface area contributed by atoms with E-state index in [1.54, 1.807) is 14.2 Å². The fourth-order valence-corrected chi connectivity index (χ4v) is 2.53. The number of rotatable bonds is 10. The molecule has 0 saturated heterocycles. The second-order valence-corrected chi connectivity index (χ2v) is 6.32. The summed E-state index contributed by atoms with van der Waals surface area (Å²) in [5, 5.41) is 0. The van der Waals surface area contributed by atoms with Crippen molar-refractivity contribution in [2.75, 3.05) is 27.8 Å². The van der Waals surface area contributed by atoms with Crippen LogP contribution in [0.3, 0.4) is 0 Å². The topological polar surface area (TPSA) is 36.9 Å². The Kier molecular flexibility index (Phi) is 8.62.